The van der Waals surface area contributed by atoms with E-state index in [-0.39, 0.29) is 18.1 Å². The topological polar surface area (TPSA) is 105 Å². The number of anilines is 1. The van der Waals surface area contributed by atoms with Crippen molar-refractivity contribution in [1.29, 1.82) is 0 Å². The number of aromatic carboxylic acids is 1. The van der Waals surface area contributed by atoms with E-state index >= 15 is 0 Å². The van der Waals surface area contributed by atoms with Gasteiger partial charge in [-0.05, 0) is 12.1 Å². The predicted molar refractivity (Wildman–Crippen MR) is 71.1 cm³/mol. The van der Waals surface area contributed by atoms with Crippen LogP contribution in [-0.2, 0) is 6.54 Å². The molecule has 0 atom stereocenters. The summed E-state index contributed by atoms with van der Waals surface area (Å²) in [7, 11) is 0. The molecule has 0 aliphatic rings. The molecule has 0 saturated carbocycles. The lowest BCUT2D eigenvalue weighted by atomic mass is 10.2. The second kappa shape index (κ2) is 5.49. The van der Waals surface area contributed by atoms with Gasteiger partial charge >= 0.3 is 5.97 Å². The highest BCUT2D eigenvalue weighted by molar-refractivity contribution is 7.09. The van der Waals surface area contributed by atoms with Crippen molar-refractivity contribution in [3.05, 3.63) is 45.9 Å². The standard InChI is InChI=1S/C12H11N3O3S/c13-8-4-2-1-3-7(8)11(16)14-5-10-15-9(6-19-10)12(17)18/h1-4,6H,5,13H2,(H,14,16)(H,17,18). The van der Waals surface area contributed by atoms with Crippen LogP contribution in [0, 0.1) is 0 Å². The van der Waals surface area contributed by atoms with Gasteiger partial charge in [-0.2, -0.15) is 0 Å². The van der Waals surface area contributed by atoms with E-state index in [2.05, 4.69) is 10.3 Å². The molecular weight excluding hydrogens is 266 g/mol. The Bertz CT molecular complexity index is 624. The monoisotopic (exact) mass is 277 g/mol. The third-order valence-electron chi connectivity index (χ3n) is 2.38. The molecule has 1 heterocycles. The van der Waals surface area contributed by atoms with Crippen molar-refractivity contribution >= 4 is 28.9 Å². The van der Waals surface area contributed by atoms with E-state index < -0.39 is 5.97 Å². The van der Waals surface area contributed by atoms with Crippen molar-refractivity contribution < 1.29 is 14.7 Å². The number of para-hydroxylation sites is 1. The molecule has 19 heavy (non-hydrogen) atoms. The molecule has 2 aromatic rings. The minimum atomic E-state index is -1.08. The Hall–Kier alpha value is -2.41. The maximum atomic E-state index is 11.8. The van der Waals surface area contributed by atoms with Gasteiger partial charge in [0, 0.05) is 11.1 Å². The highest BCUT2D eigenvalue weighted by atomic mass is 32.1. The zero-order valence-electron chi connectivity index (χ0n) is 9.79. The number of carboxylic acids is 1. The molecule has 0 saturated heterocycles. The van der Waals surface area contributed by atoms with Crippen molar-refractivity contribution in [1.82, 2.24) is 10.3 Å². The Morgan fingerprint density at radius 1 is 1.37 bits per heavy atom. The molecule has 0 unspecified atom stereocenters. The Morgan fingerprint density at radius 2 is 2.11 bits per heavy atom. The average molecular weight is 277 g/mol. The normalized spacial score (nSPS) is 10.1. The number of carboxylic acid groups (broad SMARTS) is 1. The number of rotatable bonds is 4. The number of nitrogens with one attached hydrogen (secondary N) is 1. The summed E-state index contributed by atoms with van der Waals surface area (Å²) in [5, 5.41) is 13.3. The fraction of sp³-hybridized carbons (Fsp3) is 0.0833. The molecule has 2 rings (SSSR count). The summed E-state index contributed by atoms with van der Waals surface area (Å²) in [6.45, 7) is 0.172. The molecule has 6 nitrogen and oxygen atoms in total. The van der Waals surface area contributed by atoms with Crippen molar-refractivity contribution in [2.24, 2.45) is 0 Å². The van der Waals surface area contributed by atoms with Crippen LogP contribution in [0.15, 0.2) is 29.6 Å². The minimum Gasteiger partial charge on any atom is -0.476 e. The summed E-state index contributed by atoms with van der Waals surface area (Å²) in [6, 6.07) is 6.72. The Labute approximate surface area is 112 Å². The molecule has 7 heteroatoms. The van der Waals surface area contributed by atoms with Crippen molar-refractivity contribution in [2.75, 3.05) is 5.73 Å². The number of nitrogens with zero attached hydrogens (tertiary/aromatic N) is 1. The molecule has 0 spiro atoms. The van der Waals surface area contributed by atoms with E-state index in [0.717, 1.165) is 0 Å². The van der Waals surface area contributed by atoms with Gasteiger partial charge in [-0.25, -0.2) is 9.78 Å². The van der Waals surface area contributed by atoms with Crippen molar-refractivity contribution in [3.63, 3.8) is 0 Å². The summed E-state index contributed by atoms with van der Waals surface area (Å²) in [5.74, 6) is -1.40. The number of nitrogen functional groups attached to an aromatic ring is 1. The molecule has 1 amide bonds. The first-order chi connectivity index (χ1) is 9.08. The van der Waals surface area contributed by atoms with Gasteiger partial charge in [0.1, 0.15) is 5.01 Å². The van der Waals surface area contributed by atoms with Crippen LogP contribution in [-0.4, -0.2) is 22.0 Å². The van der Waals surface area contributed by atoms with Crippen LogP contribution in [0.5, 0.6) is 0 Å². The lowest BCUT2D eigenvalue weighted by molar-refractivity contribution is 0.0691. The van der Waals surface area contributed by atoms with E-state index in [1.54, 1.807) is 24.3 Å². The molecule has 98 valence electrons. The Kier molecular flexibility index (Phi) is 3.76. The van der Waals surface area contributed by atoms with Crippen LogP contribution in [0.1, 0.15) is 25.9 Å². The van der Waals surface area contributed by atoms with Gasteiger partial charge in [0.2, 0.25) is 0 Å². The molecule has 4 N–H and O–H groups in total. The van der Waals surface area contributed by atoms with E-state index in [4.69, 9.17) is 10.8 Å². The number of carbonyl (C=O) groups is 2. The summed E-state index contributed by atoms with van der Waals surface area (Å²) in [4.78, 5) is 26.4. The fourth-order valence-corrected chi connectivity index (χ4v) is 2.15. The van der Waals surface area contributed by atoms with Crippen LogP contribution in [0.4, 0.5) is 5.69 Å². The molecule has 0 aliphatic carbocycles. The van der Waals surface area contributed by atoms with Crippen molar-refractivity contribution in [2.45, 2.75) is 6.54 Å². The van der Waals surface area contributed by atoms with Crippen molar-refractivity contribution in [3.8, 4) is 0 Å². The highest BCUT2D eigenvalue weighted by Gasteiger charge is 2.11. The van der Waals surface area contributed by atoms with E-state index in [1.807, 2.05) is 0 Å². The molecular formula is C12H11N3O3S. The maximum absolute atomic E-state index is 11.8. The number of amides is 1. The second-order valence-electron chi connectivity index (χ2n) is 3.70. The maximum Gasteiger partial charge on any atom is 0.355 e. The molecule has 0 bridgehead atoms. The number of thiazole rings is 1. The number of aromatic nitrogens is 1. The van der Waals surface area contributed by atoms with Gasteiger partial charge in [0.15, 0.2) is 5.69 Å². The number of hydrogen-bond donors (Lipinski definition) is 3. The first-order valence-electron chi connectivity index (χ1n) is 5.38. The number of hydrogen-bond acceptors (Lipinski definition) is 5. The second-order valence-corrected chi connectivity index (χ2v) is 4.64. The number of carbonyl (C=O) groups excluding carboxylic acids is 1. The van der Waals surface area contributed by atoms with Gasteiger partial charge in [-0.1, -0.05) is 12.1 Å². The molecule has 0 fully saturated rings. The average Bonchev–Trinajstić information content (AvgIpc) is 2.85. The fourth-order valence-electron chi connectivity index (χ4n) is 1.45. The zero-order valence-corrected chi connectivity index (χ0v) is 10.6. The van der Waals surface area contributed by atoms with Crippen LogP contribution in [0.25, 0.3) is 0 Å². The van der Waals surface area contributed by atoms with Crippen LogP contribution in [0.3, 0.4) is 0 Å². The van der Waals surface area contributed by atoms with Gasteiger partial charge in [0.05, 0.1) is 12.1 Å². The van der Waals surface area contributed by atoms with Crippen LogP contribution < -0.4 is 11.1 Å². The van der Waals surface area contributed by atoms with Gasteiger partial charge in [-0.15, -0.1) is 11.3 Å². The number of benzene rings is 1. The predicted octanol–water partition coefficient (Wildman–Crippen LogP) is 1.35. The lowest BCUT2D eigenvalue weighted by Crippen LogP contribution is -2.23. The molecule has 1 aromatic heterocycles. The SMILES string of the molecule is Nc1ccccc1C(=O)NCc1nc(C(=O)O)cs1. The quantitative estimate of drug-likeness (QED) is 0.732. The summed E-state index contributed by atoms with van der Waals surface area (Å²) in [6.07, 6.45) is 0. The Balaban J connectivity index is 2.00. The summed E-state index contributed by atoms with van der Waals surface area (Å²) >= 11 is 1.18. The summed E-state index contributed by atoms with van der Waals surface area (Å²) in [5.41, 5.74) is 6.44. The Morgan fingerprint density at radius 3 is 2.74 bits per heavy atom. The zero-order chi connectivity index (χ0) is 13.8. The molecule has 0 radical (unpaired) electrons. The number of nitrogens with two attached hydrogens (primary N) is 1. The largest absolute Gasteiger partial charge is 0.476 e. The molecule has 1 aromatic carbocycles. The third kappa shape index (κ3) is 3.08. The first-order valence-corrected chi connectivity index (χ1v) is 6.26. The van der Waals surface area contributed by atoms with E-state index in [0.29, 0.717) is 16.3 Å². The summed E-state index contributed by atoms with van der Waals surface area (Å²) < 4.78 is 0. The van der Waals surface area contributed by atoms with E-state index in [9.17, 15) is 9.59 Å². The smallest absolute Gasteiger partial charge is 0.355 e. The third-order valence-corrected chi connectivity index (χ3v) is 3.23. The van der Waals surface area contributed by atoms with Gasteiger partial charge in [0.25, 0.3) is 5.91 Å². The molecule has 0 aliphatic heterocycles. The van der Waals surface area contributed by atoms with E-state index in [1.165, 1.54) is 16.7 Å². The minimum absolute atomic E-state index is 0.0199. The highest BCUT2D eigenvalue weighted by Crippen LogP contribution is 2.12. The van der Waals surface area contributed by atoms with Gasteiger partial charge < -0.3 is 16.2 Å². The first kappa shape index (κ1) is 13.0. The van der Waals surface area contributed by atoms with Gasteiger partial charge in [-0.3, -0.25) is 4.79 Å². The van der Waals surface area contributed by atoms with Crippen LogP contribution in [0.2, 0.25) is 0 Å². The van der Waals surface area contributed by atoms with Crippen LogP contribution >= 0.6 is 11.3 Å². The lowest BCUT2D eigenvalue weighted by Gasteiger charge is -2.05.